The van der Waals surface area contributed by atoms with Crippen LogP contribution in [0.3, 0.4) is 0 Å². The van der Waals surface area contributed by atoms with E-state index in [-0.39, 0.29) is 24.2 Å². The number of sulfonamides is 1. The molecule has 2 N–H and O–H groups in total. The molecule has 0 aliphatic carbocycles. The van der Waals surface area contributed by atoms with E-state index in [9.17, 15) is 13.2 Å². The molecule has 1 aromatic carbocycles. The van der Waals surface area contributed by atoms with E-state index < -0.39 is 10.0 Å². The minimum Gasteiger partial charge on any atom is -0.494 e. The molecule has 8 heteroatoms. The van der Waals surface area contributed by atoms with Gasteiger partial charge in [0.25, 0.3) is 0 Å². The number of benzene rings is 1. The van der Waals surface area contributed by atoms with E-state index in [1.54, 1.807) is 16.4 Å². The molecule has 2 bridgehead atoms. The highest BCUT2D eigenvalue weighted by Crippen LogP contribution is 2.37. The van der Waals surface area contributed by atoms with Gasteiger partial charge in [-0.15, -0.1) is 0 Å². The van der Waals surface area contributed by atoms with Crippen LogP contribution in [0.1, 0.15) is 32.6 Å². The molecule has 3 rings (SSSR count). The van der Waals surface area contributed by atoms with Crippen molar-refractivity contribution >= 4 is 21.7 Å². The summed E-state index contributed by atoms with van der Waals surface area (Å²) in [6, 6.07) is 6.95. The minimum atomic E-state index is -3.18. The molecule has 2 atom stereocenters. The third-order valence-corrected chi connectivity index (χ3v) is 6.17. The second-order valence-electron chi connectivity index (χ2n) is 6.70. The molecule has 1 aromatic rings. The highest BCUT2D eigenvalue weighted by molar-refractivity contribution is 7.88. The highest BCUT2D eigenvalue weighted by atomic mass is 32.2. The van der Waals surface area contributed by atoms with Gasteiger partial charge >= 0.3 is 6.03 Å². The summed E-state index contributed by atoms with van der Waals surface area (Å²) in [6.45, 7) is 2.52. The van der Waals surface area contributed by atoms with E-state index in [0.29, 0.717) is 25.1 Å². The highest BCUT2D eigenvalue weighted by Gasteiger charge is 2.45. The van der Waals surface area contributed by atoms with E-state index in [4.69, 9.17) is 4.74 Å². The van der Waals surface area contributed by atoms with Gasteiger partial charge in [-0.1, -0.05) is 0 Å². The molecule has 2 unspecified atom stereocenters. The van der Waals surface area contributed by atoms with Gasteiger partial charge in [0.1, 0.15) is 5.75 Å². The monoisotopic (exact) mass is 367 g/mol. The van der Waals surface area contributed by atoms with Gasteiger partial charge in [0.15, 0.2) is 0 Å². The number of piperidine rings is 1. The summed E-state index contributed by atoms with van der Waals surface area (Å²) in [6.07, 6.45) is 4.35. The molecular weight excluding hydrogens is 342 g/mol. The Kier molecular flexibility index (Phi) is 5.19. The second kappa shape index (κ2) is 7.21. The second-order valence-corrected chi connectivity index (χ2v) is 8.59. The molecule has 2 aliphatic rings. The number of ether oxygens (including phenoxy) is 1. The van der Waals surface area contributed by atoms with Crippen LogP contribution in [0.4, 0.5) is 10.5 Å². The van der Waals surface area contributed by atoms with Crippen molar-refractivity contribution in [2.75, 3.05) is 18.2 Å². The fourth-order valence-corrected chi connectivity index (χ4v) is 5.41. The van der Waals surface area contributed by atoms with Gasteiger partial charge in [0.05, 0.1) is 12.9 Å². The zero-order valence-corrected chi connectivity index (χ0v) is 15.4. The first-order valence-corrected chi connectivity index (χ1v) is 10.5. The SMILES string of the molecule is CCOc1ccc(NC(=O)NC2CC3CCC(C2)N3S(C)(=O)=O)cc1. The van der Waals surface area contributed by atoms with Crippen molar-refractivity contribution < 1.29 is 17.9 Å². The van der Waals surface area contributed by atoms with Gasteiger partial charge in [0.2, 0.25) is 10.0 Å². The molecule has 2 fully saturated rings. The lowest BCUT2D eigenvalue weighted by atomic mass is 10.00. The van der Waals surface area contributed by atoms with Gasteiger partial charge in [-0.2, -0.15) is 4.31 Å². The van der Waals surface area contributed by atoms with Crippen LogP contribution in [0.5, 0.6) is 5.75 Å². The van der Waals surface area contributed by atoms with Crippen molar-refractivity contribution in [1.29, 1.82) is 0 Å². The summed E-state index contributed by atoms with van der Waals surface area (Å²) < 4.78 is 30.8. The molecule has 2 amide bonds. The zero-order valence-electron chi connectivity index (χ0n) is 14.6. The van der Waals surface area contributed by atoms with Crippen LogP contribution in [0, 0.1) is 0 Å². The summed E-state index contributed by atoms with van der Waals surface area (Å²) in [5.74, 6) is 0.762. The number of anilines is 1. The first-order valence-electron chi connectivity index (χ1n) is 8.65. The number of rotatable bonds is 5. The number of hydrogen-bond donors (Lipinski definition) is 2. The summed E-state index contributed by atoms with van der Waals surface area (Å²) in [5.41, 5.74) is 0.692. The fourth-order valence-electron chi connectivity index (χ4n) is 3.95. The van der Waals surface area contributed by atoms with Crippen molar-refractivity contribution in [3.63, 3.8) is 0 Å². The van der Waals surface area contributed by atoms with E-state index >= 15 is 0 Å². The van der Waals surface area contributed by atoms with E-state index in [1.807, 2.05) is 19.1 Å². The lowest BCUT2D eigenvalue weighted by molar-refractivity contribution is 0.204. The third-order valence-electron chi connectivity index (χ3n) is 4.81. The van der Waals surface area contributed by atoms with Crippen LogP contribution in [-0.2, 0) is 10.0 Å². The van der Waals surface area contributed by atoms with Gasteiger partial charge in [-0.3, -0.25) is 0 Å². The first kappa shape index (κ1) is 18.0. The molecule has 7 nitrogen and oxygen atoms in total. The molecule has 0 radical (unpaired) electrons. The summed E-state index contributed by atoms with van der Waals surface area (Å²) in [5, 5.41) is 5.79. The maximum absolute atomic E-state index is 12.2. The number of hydrogen-bond acceptors (Lipinski definition) is 4. The molecule has 0 aromatic heterocycles. The predicted molar refractivity (Wildman–Crippen MR) is 96.3 cm³/mol. The Bertz CT molecular complexity index is 706. The summed E-state index contributed by atoms with van der Waals surface area (Å²) in [4.78, 5) is 12.2. The van der Waals surface area contributed by atoms with E-state index in [1.165, 1.54) is 6.26 Å². The van der Waals surface area contributed by atoms with Gasteiger partial charge in [0, 0.05) is 23.8 Å². The average molecular weight is 367 g/mol. The van der Waals surface area contributed by atoms with Gasteiger partial charge in [-0.05, 0) is 56.9 Å². The normalized spacial score (nSPS) is 26.2. The Morgan fingerprint density at radius 2 is 1.80 bits per heavy atom. The average Bonchev–Trinajstić information content (AvgIpc) is 2.82. The number of carbonyl (C=O) groups is 1. The fraction of sp³-hybridized carbons (Fsp3) is 0.588. The number of nitrogens with zero attached hydrogens (tertiary/aromatic N) is 1. The number of nitrogens with one attached hydrogen (secondary N) is 2. The molecule has 2 aliphatic heterocycles. The molecule has 2 saturated heterocycles. The molecule has 0 spiro atoms. The van der Waals surface area contributed by atoms with E-state index in [0.717, 1.165) is 18.6 Å². The molecule has 138 valence electrons. The van der Waals surface area contributed by atoms with Crippen LogP contribution in [0.25, 0.3) is 0 Å². The van der Waals surface area contributed by atoms with Crippen LogP contribution in [0.15, 0.2) is 24.3 Å². The first-order chi connectivity index (χ1) is 11.9. The Labute approximate surface area is 148 Å². The van der Waals surface area contributed by atoms with Gasteiger partial charge in [-0.25, -0.2) is 13.2 Å². The summed E-state index contributed by atoms with van der Waals surface area (Å²) in [7, 11) is -3.18. The van der Waals surface area contributed by atoms with Crippen molar-refractivity contribution in [3.05, 3.63) is 24.3 Å². The molecule has 25 heavy (non-hydrogen) atoms. The van der Waals surface area contributed by atoms with Crippen molar-refractivity contribution in [1.82, 2.24) is 9.62 Å². The zero-order chi connectivity index (χ0) is 18.0. The number of fused-ring (bicyclic) bond motifs is 2. The van der Waals surface area contributed by atoms with Crippen LogP contribution in [-0.4, -0.2) is 49.7 Å². The van der Waals surface area contributed by atoms with Crippen molar-refractivity contribution in [2.45, 2.75) is 50.7 Å². The third kappa shape index (κ3) is 4.24. The Morgan fingerprint density at radius 3 is 2.32 bits per heavy atom. The van der Waals surface area contributed by atoms with Crippen LogP contribution >= 0.6 is 0 Å². The quantitative estimate of drug-likeness (QED) is 0.835. The van der Waals surface area contributed by atoms with E-state index in [2.05, 4.69) is 10.6 Å². The lowest BCUT2D eigenvalue weighted by Crippen LogP contribution is -2.52. The van der Waals surface area contributed by atoms with Gasteiger partial charge < -0.3 is 15.4 Å². The number of amides is 2. The number of urea groups is 1. The van der Waals surface area contributed by atoms with Crippen molar-refractivity contribution in [2.24, 2.45) is 0 Å². The lowest BCUT2D eigenvalue weighted by Gasteiger charge is -2.37. The maximum Gasteiger partial charge on any atom is 0.319 e. The molecular formula is C17H25N3O4S. The minimum absolute atomic E-state index is 0.00167. The predicted octanol–water partition coefficient (Wildman–Crippen LogP) is 2.16. The summed E-state index contributed by atoms with van der Waals surface area (Å²) >= 11 is 0. The largest absolute Gasteiger partial charge is 0.494 e. The number of carbonyl (C=O) groups excluding carboxylic acids is 1. The Balaban J connectivity index is 1.54. The topological polar surface area (TPSA) is 87.7 Å². The standard InChI is InChI=1S/C17H25N3O4S/c1-3-24-16-8-4-12(5-9-16)18-17(21)19-13-10-14-6-7-15(11-13)20(14)25(2,22)23/h4-5,8-9,13-15H,3,6-7,10-11H2,1-2H3,(H2,18,19,21). The smallest absolute Gasteiger partial charge is 0.319 e. The van der Waals surface area contributed by atoms with Crippen molar-refractivity contribution in [3.8, 4) is 5.75 Å². The molecule has 0 saturated carbocycles. The maximum atomic E-state index is 12.2. The Morgan fingerprint density at radius 1 is 1.20 bits per heavy atom. The van der Waals surface area contributed by atoms with Crippen LogP contribution in [0.2, 0.25) is 0 Å². The van der Waals surface area contributed by atoms with Crippen LogP contribution < -0.4 is 15.4 Å². The Hall–Kier alpha value is -1.80. The molecule has 2 heterocycles.